The average molecular weight is 463 g/mol. The van der Waals surface area contributed by atoms with Crippen molar-refractivity contribution >= 4 is 11.6 Å². The lowest BCUT2D eigenvalue weighted by Crippen LogP contribution is -2.48. The number of ether oxygens (including phenoxy) is 3. The van der Waals surface area contributed by atoms with Gasteiger partial charge in [-0.25, -0.2) is 0 Å². The SMILES string of the molecule is COC(C)OCOc1ccc(/C(C)=C/c2ccc(CO)cc2)cc1C12CC3CC(CC(C3)C1)C2. The van der Waals surface area contributed by atoms with Crippen molar-refractivity contribution in [3.8, 4) is 5.75 Å². The number of hydrogen-bond acceptors (Lipinski definition) is 4. The van der Waals surface area contributed by atoms with E-state index in [4.69, 9.17) is 14.2 Å². The predicted molar refractivity (Wildman–Crippen MR) is 135 cm³/mol. The van der Waals surface area contributed by atoms with Crippen LogP contribution in [-0.4, -0.2) is 25.3 Å². The van der Waals surface area contributed by atoms with Crippen LogP contribution in [0.15, 0.2) is 42.5 Å². The molecule has 2 aromatic carbocycles. The third kappa shape index (κ3) is 4.82. The number of rotatable bonds is 9. The molecule has 182 valence electrons. The molecule has 4 fully saturated rings. The van der Waals surface area contributed by atoms with Crippen LogP contribution in [0.3, 0.4) is 0 Å². The first-order valence-electron chi connectivity index (χ1n) is 12.8. The highest BCUT2D eigenvalue weighted by Gasteiger charge is 2.52. The molecule has 34 heavy (non-hydrogen) atoms. The zero-order valence-corrected chi connectivity index (χ0v) is 20.8. The van der Waals surface area contributed by atoms with Gasteiger partial charge in [0.2, 0.25) is 0 Å². The molecule has 4 saturated carbocycles. The fraction of sp³-hybridized carbons (Fsp3) is 0.533. The van der Waals surface area contributed by atoms with Crippen LogP contribution in [0.5, 0.6) is 5.75 Å². The van der Waals surface area contributed by atoms with Crippen molar-refractivity contribution in [1.82, 2.24) is 0 Å². The van der Waals surface area contributed by atoms with Gasteiger partial charge in [0.1, 0.15) is 5.75 Å². The zero-order valence-electron chi connectivity index (χ0n) is 20.8. The molecule has 4 bridgehead atoms. The summed E-state index contributed by atoms with van der Waals surface area (Å²) in [6.07, 6.45) is 10.1. The summed E-state index contributed by atoms with van der Waals surface area (Å²) in [5, 5.41) is 9.32. The summed E-state index contributed by atoms with van der Waals surface area (Å²) in [6, 6.07) is 14.8. The molecular weight excluding hydrogens is 424 g/mol. The van der Waals surface area contributed by atoms with Crippen LogP contribution in [-0.2, 0) is 21.5 Å². The van der Waals surface area contributed by atoms with Crippen LogP contribution in [0.4, 0.5) is 0 Å². The number of benzene rings is 2. The minimum atomic E-state index is -0.287. The van der Waals surface area contributed by atoms with Gasteiger partial charge in [0.05, 0.1) is 6.61 Å². The number of aliphatic hydroxyl groups excluding tert-OH is 1. The Morgan fingerprint density at radius 1 is 1.03 bits per heavy atom. The Labute approximate surface area is 203 Å². The van der Waals surface area contributed by atoms with Crippen molar-refractivity contribution in [2.75, 3.05) is 13.9 Å². The van der Waals surface area contributed by atoms with Crippen molar-refractivity contribution in [2.24, 2.45) is 17.8 Å². The summed E-state index contributed by atoms with van der Waals surface area (Å²) < 4.78 is 17.1. The first kappa shape index (κ1) is 23.6. The highest BCUT2D eigenvalue weighted by molar-refractivity contribution is 5.81. The van der Waals surface area contributed by atoms with Gasteiger partial charge in [-0.1, -0.05) is 36.4 Å². The van der Waals surface area contributed by atoms with Gasteiger partial charge in [-0.05, 0) is 110 Å². The lowest BCUT2D eigenvalue weighted by molar-refractivity contribution is -0.150. The van der Waals surface area contributed by atoms with Gasteiger partial charge in [0.25, 0.3) is 0 Å². The monoisotopic (exact) mass is 462 g/mol. The predicted octanol–water partition coefficient (Wildman–Crippen LogP) is 6.55. The molecule has 0 aromatic heterocycles. The smallest absolute Gasteiger partial charge is 0.191 e. The Balaban J connectivity index is 1.46. The highest BCUT2D eigenvalue weighted by atomic mass is 16.7. The molecule has 0 spiro atoms. The molecule has 4 aliphatic carbocycles. The Morgan fingerprint density at radius 3 is 2.26 bits per heavy atom. The molecule has 0 heterocycles. The molecule has 4 nitrogen and oxygen atoms in total. The van der Waals surface area contributed by atoms with Gasteiger partial charge in [-0.15, -0.1) is 0 Å². The molecule has 2 aromatic rings. The summed E-state index contributed by atoms with van der Waals surface area (Å²) in [5.41, 5.74) is 6.17. The van der Waals surface area contributed by atoms with E-state index < -0.39 is 0 Å². The van der Waals surface area contributed by atoms with Crippen LogP contribution in [0.1, 0.15) is 74.6 Å². The molecule has 1 N–H and O–H groups in total. The number of methoxy groups -OCH3 is 1. The number of hydrogen-bond donors (Lipinski definition) is 1. The fourth-order valence-corrected chi connectivity index (χ4v) is 7.07. The summed E-state index contributed by atoms with van der Waals surface area (Å²) in [5.74, 6) is 3.58. The van der Waals surface area contributed by atoms with Crippen LogP contribution < -0.4 is 4.74 Å². The van der Waals surface area contributed by atoms with Gasteiger partial charge in [-0.2, -0.15) is 0 Å². The standard InChI is InChI=1S/C30H38O4/c1-20(10-22-4-6-23(18-31)7-5-22)27-8-9-29(34-19-33-21(2)32-3)28(14-27)30-15-24-11-25(16-30)13-26(12-24)17-30/h4-10,14,21,24-26,31H,11-13,15-19H2,1-3H3/b20-10+. The second-order valence-electron chi connectivity index (χ2n) is 10.9. The second-order valence-corrected chi connectivity index (χ2v) is 10.9. The Bertz CT molecular complexity index is 987. The lowest BCUT2D eigenvalue weighted by Gasteiger charge is -2.57. The minimum absolute atomic E-state index is 0.0751. The highest BCUT2D eigenvalue weighted by Crippen LogP contribution is 2.62. The number of allylic oxidation sites excluding steroid dienone is 1. The van der Waals surface area contributed by atoms with E-state index in [1.54, 1.807) is 7.11 Å². The van der Waals surface area contributed by atoms with E-state index in [1.807, 2.05) is 19.1 Å². The van der Waals surface area contributed by atoms with Gasteiger partial charge in [0, 0.05) is 12.7 Å². The fourth-order valence-electron chi connectivity index (χ4n) is 7.07. The first-order valence-corrected chi connectivity index (χ1v) is 12.8. The number of aliphatic hydroxyl groups is 1. The van der Waals surface area contributed by atoms with Gasteiger partial charge < -0.3 is 19.3 Å². The molecule has 0 amide bonds. The molecule has 0 radical (unpaired) electrons. The topological polar surface area (TPSA) is 47.9 Å². The Hall–Kier alpha value is -2.14. The maximum absolute atomic E-state index is 9.32. The van der Waals surface area contributed by atoms with E-state index >= 15 is 0 Å². The van der Waals surface area contributed by atoms with E-state index in [9.17, 15) is 5.11 Å². The van der Waals surface area contributed by atoms with Crippen LogP contribution >= 0.6 is 0 Å². The normalized spacial score (nSPS) is 28.8. The van der Waals surface area contributed by atoms with Crippen molar-refractivity contribution in [1.29, 1.82) is 0 Å². The lowest BCUT2D eigenvalue weighted by atomic mass is 9.48. The van der Waals surface area contributed by atoms with E-state index in [2.05, 4.69) is 43.3 Å². The van der Waals surface area contributed by atoms with E-state index in [1.165, 1.54) is 55.2 Å². The molecule has 1 unspecified atom stereocenters. The maximum atomic E-state index is 9.32. The van der Waals surface area contributed by atoms with E-state index in [-0.39, 0.29) is 25.1 Å². The summed E-state index contributed by atoms with van der Waals surface area (Å²) in [7, 11) is 1.65. The molecule has 0 aliphatic heterocycles. The molecule has 6 rings (SSSR count). The third-order valence-corrected chi connectivity index (χ3v) is 8.44. The van der Waals surface area contributed by atoms with Gasteiger partial charge in [0.15, 0.2) is 13.1 Å². The van der Waals surface area contributed by atoms with Crippen LogP contribution in [0.25, 0.3) is 11.6 Å². The van der Waals surface area contributed by atoms with E-state index in [0.29, 0.717) is 0 Å². The molecule has 4 aliphatic rings. The van der Waals surface area contributed by atoms with Crippen molar-refractivity contribution in [2.45, 2.75) is 70.7 Å². The summed E-state index contributed by atoms with van der Waals surface area (Å²) in [4.78, 5) is 0. The Kier molecular flexibility index (Phi) is 6.83. The maximum Gasteiger partial charge on any atom is 0.191 e. The zero-order chi connectivity index (χ0) is 23.7. The second kappa shape index (κ2) is 9.85. The molecule has 0 saturated heterocycles. The van der Waals surface area contributed by atoms with Gasteiger partial charge >= 0.3 is 0 Å². The van der Waals surface area contributed by atoms with Crippen LogP contribution in [0, 0.1) is 17.8 Å². The summed E-state index contributed by atoms with van der Waals surface area (Å²) in [6.45, 7) is 4.34. The first-order chi connectivity index (χ1) is 16.5. The van der Waals surface area contributed by atoms with Crippen LogP contribution in [0.2, 0.25) is 0 Å². The minimum Gasteiger partial charge on any atom is -0.467 e. The van der Waals surface area contributed by atoms with Crippen molar-refractivity contribution in [3.63, 3.8) is 0 Å². The summed E-state index contributed by atoms with van der Waals surface area (Å²) >= 11 is 0. The van der Waals surface area contributed by atoms with Crippen molar-refractivity contribution < 1.29 is 19.3 Å². The van der Waals surface area contributed by atoms with E-state index in [0.717, 1.165) is 34.6 Å². The largest absolute Gasteiger partial charge is 0.467 e. The average Bonchev–Trinajstić information content (AvgIpc) is 2.83. The Morgan fingerprint density at radius 2 is 1.68 bits per heavy atom. The van der Waals surface area contributed by atoms with Gasteiger partial charge in [-0.3, -0.25) is 0 Å². The quantitative estimate of drug-likeness (QED) is 0.339. The molecular formula is C30H38O4. The molecule has 4 heteroatoms. The third-order valence-electron chi connectivity index (χ3n) is 8.44. The van der Waals surface area contributed by atoms with Crippen molar-refractivity contribution in [3.05, 3.63) is 64.7 Å². The molecule has 1 atom stereocenters.